The standard InChI is InChI=1S/C13H11N3O2/c17-16-15-13(14-11-7-3-1-4-8-11)18-12-9-5-2-6-10-12/h1-10H,(H,14,15,17). The highest BCUT2D eigenvalue weighted by molar-refractivity contribution is 5.78. The highest BCUT2D eigenvalue weighted by atomic mass is 16.5. The predicted octanol–water partition coefficient (Wildman–Crippen LogP) is 3.02. The number of para-hydroxylation sites is 2. The number of rotatable bonds is 3. The third-order valence-corrected chi connectivity index (χ3v) is 2.09. The van der Waals surface area contributed by atoms with E-state index in [4.69, 9.17) is 4.74 Å². The molecule has 0 saturated carbocycles. The van der Waals surface area contributed by atoms with Gasteiger partial charge in [-0.2, -0.15) is 10.4 Å². The summed E-state index contributed by atoms with van der Waals surface area (Å²) in [5.41, 5.74) is 2.84. The molecular formula is C13H11N3O2. The van der Waals surface area contributed by atoms with E-state index in [1.807, 2.05) is 36.4 Å². The number of ether oxygens (including phenoxy) is 1. The molecule has 0 heterocycles. The molecule has 0 atom stereocenters. The van der Waals surface area contributed by atoms with Gasteiger partial charge in [-0.25, -0.2) is 0 Å². The number of benzene rings is 2. The molecule has 0 spiro atoms. The quantitative estimate of drug-likeness (QED) is 0.389. The van der Waals surface area contributed by atoms with E-state index in [0.717, 1.165) is 0 Å². The molecule has 0 aliphatic heterocycles. The molecule has 1 N–H and O–H groups in total. The number of hydrogen-bond acceptors (Lipinski definition) is 4. The topological polar surface area (TPSA) is 63.0 Å². The minimum atomic E-state index is 0.0300. The molecule has 0 amide bonds. The first kappa shape index (κ1) is 11.8. The zero-order valence-electron chi connectivity index (χ0n) is 9.48. The van der Waals surface area contributed by atoms with E-state index < -0.39 is 0 Å². The molecule has 0 aromatic heterocycles. The molecule has 0 fully saturated rings. The zero-order valence-corrected chi connectivity index (χ0v) is 9.48. The van der Waals surface area contributed by atoms with Gasteiger partial charge in [0.25, 0.3) is 0 Å². The van der Waals surface area contributed by atoms with E-state index in [1.54, 1.807) is 24.3 Å². The average Bonchev–Trinajstić information content (AvgIpc) is 2.41. The first-order valence-corrected chi connectivity index (χ1v) is 5.33. The van der Waals surface area contributed by atoms with Crippen LogP contribution in [0, 0.1) is 4.91 Å². The van der Waals surface area contributed by atoms with Gasteiger partial charge >= 0.3 is 6.02 Å². The summed E-state index contributed by atoms with van der Waals surface area (Å²) in [5.74, 6) is 0.573. The smallest absolute Gasteiger partial charge is 0.319 e. The fourth-order valence-electron chi connectivity index (χ4n) is 1.33. The van der Waals surface area contributed by atoms with Gasteiger partial charge in [-0.15, -0.1) is 4.91 Å². The molecule has 5 nitrogen and oxygen atoms in total. The first-order chi connectivity index (χ1) is 8.88. The molecule has 2 aromatic rings. The zero-order chi connectivity index (χ0) is 12.6. The molecule has 5 heteroatoms. The summed E-state index contributed by atoms with van der Waals surface area (Å²) in [5, 5.41) is 2.57. The molecule has 0 aliphatic rings. The lowest BCUT2D eigenvalue weighted by molar-refractivity contribution is 0.519. The van der Waals surface area contributed by atoms with Crippen LogP contribution in [0.25, 0.3) is 0 Å². The predicted molar refractivity (Wildman–Crippen MR) is 69.5 cm³/mol. The van der Waals surface area contributed by atoms with Gasteiger partial charge in [0.1, 0.15) is 5.75 Å². The molecule has 2 rings (SSSR count). The van der Waals surface area contributed by atoms with Crippen molar-refractivity contribution in [2.45, 2.75) is 0 Å². The molecule has 0 aliphatic carbocycles. The Morgan fingerprint density at radius 2 is 1.56 bits per heavy atom. The third kappa shape index (κ3) is 3.41. The highest BCUT2D eigenvalue weighted by Gasteiger charge is 2.02. The summed E-state index contributed by atoms with van der Waals surface area (Å²) >= 11 is 0. The monoisotopic (exact) mass is 241 g/mol. The van der Waals surface area contributed by atoms with E-state index in [9.17, 15) is 4.91 Å². The van der Waals surface area contributed by atoms with Gasteiger partial charge in [0, 0.05) is 0 Å². The van der Waals surface area contributed by atoms with Crippen molar-refractivity contribution in [1.29, 1.82) is 0 Å². The molecule has 0 saturated heterocycles. The van der Waals surface area contributed by atoms with E-state index in [0.29, 0.717) is 11.4 Å². The van der Waals surface area contributed by atoms with Crippen LogP contribution in [0.1, 0.15) is 0 Å². The van der Waals surface area contributed by atoms with Gasteiger partial charge in [-0.1, -0.05) is 36.4 Å². The van der Waals surface area contributed by atoms with E-state index in [2.05, 4.69) is 15.7 Å². The molecule has 18 heavy (non-hydrogen) atoms. The Kier molecular flexibility index (Phi) is 4.02. The van der Waals surface area contributed by atoms with Crippen LogP contribution in [0.3, 0.4) is 0 Å². The number of aliphatic imine (C=N–C) groups is 1. The van der Waals surface area contributed by atoms with Crippen molar-refractivity contribution >= 4 is 11.7 Å². The fraction of sp³-hybridized carbons (Fsp3) is 0. The Balaban J connectivity index is 2.18. The second-order valence-electron chi connectivity index (χ2n) is 3.37. The number of hydrogen-bond donors (Lipinski definition) is 1. The summed E-state index contributed by atoms with van der Waals surface area (Å²) in [4.78, 5) is 14.4. The minimum absolute atomic E-state index is 0.0300. The lowest BCUT2D eigenvalue weighted by Crippen LogP contribution is -2.23. The van der Waals surface area contributed by atoms with E-state index >= 15 is 0 Å². The number of amidine groups is 1. The average molecular weight is 241 g/mol. The molecule has 0 unspecified atom stereocenters. The van der Waals surface area contributed by atoms with Crippen LogP contribution >= 0.6 is 0 Å². The van der Waals surface area contributed by atoms with Crippen LogP contribution in [0.2, 0.25) is 0 Å². The number of nitrogens with zero attached hydrogens (tertiary/aromatic N) is 2. The second-order valence-corrected chi connectivity index (χ2v) is 3.37. The van der Waals surface area contributed by atoms with Gasteiger partial charge in [0.2, 0.25) is 0 Å². The van der Waals surface area contributed by atoms with Crippen molar-refractivity contribution in [1.82, 2.24) is 5.43 Å². The van der Waals surface area contributed by atoms with Crippen LogP contribution in [0.15, 0.2) is 70.9 Å². The Morgan fingerprint density at radius 1 is 0.944 bits per heavy atom. The molecular weight excluding hydrogens is 230 g/mol. The van der Waals surface area contributed by atoms with Crippen molar-refractivity contribution in [3.63, 3.8) is 0 Å². The maximum Gasteiger partial charge on any atom is 0.319 e. The van der Waals surface area contributed by atoms with Gasteiger partial charge in [-0.05, 0) is 24.3 Å². The van der Waals surface area contributed by atoms with Crippen molar-refractivity contribution in [2.75, 3.05) is 0 Å². The molecule has 90 valence electrons. The molecule has 0 radical (unpaired) electrons. The van der Waals surface area contributed by atoms with Gasteiger partial charge in [-0.3, -0.25) is 0 Å². The van der Waals surface area contributed by atoms with Crippen molar-refractivity contribution < 1.29 is 4.74 Å². The highest BCUT2D eigenvalue weighted by Crippen LogP contribution is 2.13. The normalized spacial score (nSPS) is 10.8. The van der Waals surface area contributed by atoms with Gasteiger partial charge in [0.15, 0.2) is 0 Å². The molecule has 2 aromatic carbocycles. The lowest BCUT2D eigenvalue weighted by Gasteiger charge is -2.05. The maximum atomic E-state index is 10.3. The van der Waals surface area contributed by atoms with E-state index in [-0.39, 0.29) is 6.02 Å². The molecule has 0 bridgehead atoms. The van der Waals surface area contributed by atoms with Crippen molar-refractivity contribution in [3.05, 3.63) is 65.6 Å². The fourth-order valence-corrected chi connectivity index (χ4v) is 1.33. The summed E-state index contributed by atoms with van der Waals surface area (Å²) < 4.78 is 5.40. The number of nitroso groups, excluding NO2 is 1. The summed E-state index contributed by atoms with van der Waals surface area (Å²) in [6, 6.07) is 18.2. The third-order valence-electron chi connectivity index (χ3n) is 2.09. The summed E-state index contributed by atoms with van der Waals surface area (Å²) in [6.45, 7) is 0. The van der Waals surface area contributed by atoms with Crippen LogP contribution in [-0.2, 0) is 0 Å². The first-order valence-electron chi connectivity index (χ1n) is 5.33. The lowest BCUT2D eigenvalue weighted by atomic mass is 10.3. The van der Waals surface area contributed by atoms with Crippen molar-refractivity contribution in [3.8, 4) is 5.75 Å². The summed E-state index contributed by atoms with van der Waals surface area (Å²) in [6.07, 6.45) is 0. The minimum Gasteiger partial charge on any atom is -0.425 e. The van der Waals surface area contributed by atoms with Gasteiger partial charge < -0.3 is 4.74 Å². The van der Waals surface area contributed by atoms with Crippen LogP contribution in [0.5, 0.6) is 5.75 Å². The van der Waals surface area contributed by atoms with Gasteiger partial charge in [0.05, 0.1) is 11.0 Å². The number of nitrogens with one attached hydrogen (secondary N) is 1. The maximum absolute atomic E-state index is 10.3. The Bertz CT molecular complexity index is 526. The Hall–Kier alpha value is -2.69. The Morgan fingerprint density at radius 3 is 2.17 bits per heavy atom. The van der Waals surface area contributed by atoms with Crippen LogP contribution in [0.4, 0.5) is 5.69 Å². The SMILES string of the molecule is O=NN/C(=N/c1ccccc1)Oc1ccccc1. The van der Waals surface area contributed by atoms with Crippen LogP contribution in [-0.4, -0.2) is 6.02 Å². The summed E-state index contributed by atoms with van der Waals surface area (Å²) in [7, 11) is 0. The second kappa shape index (κ2) is 6.15. The Labute approximate surface area is 104 Å². The van der Waals surface area contributed by atoms with Crippen LogP contribution < -0.4 is 10.2 Å². The van der Waals surface area contributed by atoms with Crippen molar-refractivity contribution in [2.24, 2.45) is 10.3 Å². The van der Waals surface area contributed by atoms with E-state index in [1.165, 1.54) is 0 Å². The largest absolute Gasteiger partial charge is 0.425 e.